The van der Waals surface area contributed by atoms with Gasteiger partial charge in [0, 0.05) is 17.9 Å². The predicted molar refractivity (Wildman–Crippen MR) is 87.0 cm³/mol. The van der Waals surface area contributed by atoms with E-state index in [1.54, 1.807) is 4.31 Å². The van der Waals surface area contributed by atoms with Crippen LogP contribution in [0.4, 0.5) is 0 Å². The Morgan fingerprint density at radius 2 is 2.16 bits per heavy atom. The molecule has 0 atom stereocenters. The first kappa shape index (κ1) is 16.2. The molecule has 0 unspecified atom stereocenters. The highest BCUT2D eigenvalue weighted by Gasteiger charge is 2.35. The topological polar surface area (TPSA) is 37.4 Å². The molecule has 0 bridgehead atoms. The Hall–Kier alpha value is 0.860. The van der Waals surface area contributed by atoms with Gasteiger partial charge in [-0.1, -0.05) is 34.0 Å². The second-order valence-corrected chi connectivity index (χ2v) is 10.1. The zero-order chi connectivity index (χ0) is 14.0. The maximum Gasteiger partial charge on any atom is 0.252 e. The lowest BCUT2D eigenvalue weighted by molar-refractivity contribution is 0.220. The molecule has 1 fully saturated rings. The lowest BCUT2D eigenvalue weighted by Crippen LogP contribution is -2.44. The molecule has 2 rings (SSSR count). The Kier molecular flexibility index (Phi) is 5.77. The van der Waals surface area contributed by atoms with Crippen LogP contribution in [0.15, 0.2) is 14.1 Å². The monoisotopic (exact) mass is 449 g/mol. The minimum absolute atomic E-state index is 0.156. The van der Waals surface area contributed by atoms with Gasteiger partial charge >= 0.3 is 0 Å². The molecule has 1 aromatic rings. The molecular formula is C11H14Br2ClNO2S2. The van der Waals surface area contributed by atoms with Crippen LogP contribution >= 0.6 is 54.8 Å². The fourth-order valence-corrected chi connectivity index (χ4v) is 6.46. The SMILES string of the molecule is O=S(=O)(c1cc(Cl)c(Br)s1)N(CCCBr)C1CCC1. The van der Waals surface area contributed by atoms with Crippen LogP contribution in [0, 0.1) is 0 Å². The summed E-state index contributed by atoms with van der Waals surface area (Å²) in [5, 5.41) is 1.26. The van der Waals surface area contributed by atoms with Gasteiger partial charge in [0.1, 0.15) is 4.21 Å². The van der Waals surface area contributed by atoms with Crippen LogP contribution in [0.5, 0.6) is 0 Å². The van der Waals surface area contributed by atoms with E-state index in [0.29, 0.717) is 19.6 Å². The van der Waals surface area contributed by atoms with Gasteiger partial charge in [-0.3, -0.25) is 0 Å². The van der Waals surface area contributed by atoms with Crippen molar-refractivity contribution in [2.45, 2.75) is 35.9 Å². The van der Waals surface area contributed by atoms with Crippen molar-refractivity contribution < 1.29 is 8.42 Å². The maximum atomic E-state index is 12.7. The number of sulfonamides is 1. The molecule has 1 aromatic heterocycles. The molecule has 0 saturated heterocycles. The summed E-state index contributed by atoms with van der Waals surface area (Å²) in [5.74, 6) is 0. The number of alkyl halides is 1. The van der Waals surface area contributed by atoms with E-state index in [0.717, 1.165) is 31.0 Å². The number of nitrogens with zero attached hydrogens (tertiary/aromatic N) is 1. The summed E-state index contributed by atoms with van der Waals surface area (Å²) >= 11 is 13.8. The van der Waals surface area contributed by atoms with Crippen LogP contribution in [0.25, 0.3) is 0 Å². The average Bonchev–Trinajstić information content (AvgIpc) is 2.63. The molecular weight excluding hydrogens is 438 g/mol. The average molecular weight is 452 g/mol. The zero-order valence-corrected chi connectivity index (χ0v) is 15.7. The van der Waals surface area contributed by atoms with Gasteiger partial charge < -0.3 is 0 Å². The number of hydrogen-bond acceptors (Lipinski definition) is 3. The summed E-state index contributed by atoms with van der Waals surface area (Å²) in [6.45, 7) is 0.561. The summed E-state index contributed by atoms with van der Waals surface area (Å²) in [6, 6.07) is 1.69. The normalized spacial score (nSPS) is 16.8. The van der Waals surface area contributed by atoms with Crippen LogP contribution in [0.3, 0.4) is 0 Å². The molecule has 108 valence electrons. The van der Waals surface area contributed by atoms with Crippen molar-refractivity contribution >= 4 is 64.8 Å². The van der Waals surface area contributed by atoms with Crippen molar-refractivity contribution in [3.05, 3.63) is 14.9 Å². The van der Waals surface area contributed by atoms with Gasteiger partial charge in [0.15, 0.2) is 0 Å². The van der Waals surface area contributed by atoms with Gasteiger partial charge in [0.25, 0.3) is 10.0 Å². The van der Waals surface area contributed by atoms with Gasteiger partial charge in [0.05, 0.1) is 8.81 Å². The highest BCUT2D eigenvalue weighted by molar-refractivity contribution is 9.11. The van der Waals surface area contributed by atoms with Crippen LogP contribution in [-0.2, 0) is 10.0 Å². The largest absolute Gasteiger partial charge is 0.252 e. The fraction of sp³-hybridized carbons (Fsp3) is 0.636. The Morgan fingerprint density at radius 1 is 1.47 bits per heavy atom. The van der Waals surface area contributed by atoms with Crippen molar-refractivity contribution in [2.24, 2.45) is 0 Å². The van der Waals surface area contributed by atoms with Gasteiger partial charge in [-0.2, -0.15) is 4.31 Å². The molecule has 0 N–H and O–H groups in total. The summed E-state index contributed by atoms with van der Waals surface area (Å²) < 4.78 is 28.0. The third-order valence-corrected chi connectivity index (χ3v) is 8.62. The number of thiophene rings is 1. The van der Waals surface area contributed by atoms with E-state index in [-0.39, 0.29) is 6.04 Å². The molecule has 8 heteroatoms. The van der Waals surface area contributed by atoms with E-state index in [9.17, 15) is 8.42 Å². The molecule has 19 heavy (non-hydrogen) atoms. The fourth-order valence-electron chi connectivity index (χ4n) is 1.96. The standard InChI is InChI=1S/C11H14Br2ClNO2S2/c12-5-2-6-15(8-3-1-4-8)19(16,17)10-7-9(14)11(13)18-10/h7-8H,1-6H2. The molecule has 0 spiro atoms. The lowest BCUT2D eigenvalue weighted by atomic mass is 9.93. The Morgan fingerprint density at radius 3 is 2.58 bits per heavy atom. The molecule has 1 aliphatic rings. The highest BCUT2D eigenvalue weighted by Crippen LogP contribution is 2.38. The molecule has 1 heterocycles. The number of halogens is 3. The number of hydrogen-bond donors (Lipinski definition) is 0. The third kappa shape index (κ3) is 3.55. The van der Waals surface area contributed by atoms with Crippen LogP contribution < -0.4 is 0 Å². The Labute approximate surface area is 139 Å². The lowest BCUT2D eigenvalue weighted by Gasteiger charge is -2.36. The second kappa shape index (κ2) is 6.75. The van der Waals surface area contributed by atoms with Crippen LogP contribution in [0.2, 0.25) is 5.02 Å². The van der Waals surface area contributed by atoms with Gasteiger partial charge in [0.2, 0.25) is 0 Å². The van der Waals surface area contributed by atoms with E-state index in [4.69, 9.17) is 11.6 Å². The minimum atomic E-state index is -3.42. The van der Waals surface area contributed by atoms with Crippen LogP contribution in [0.1, 0.15) is 25.7 Å². The quantitative estimate of drug-likeness (QED) is 0.598. The van der Waals surface area contributed by atoms with Crippen molar-refractivity contribution in [1.82, 2.24) is 4.31 Å². The van der Waals surface area contributed by atoms with E-state index in [1.165, 1.54) is 17.4 Å². The molecule has 3 nitrogen and oxygen atoms in total. The zero-order valence-electron chi connectivity index (χ0n) is 10.1. The van der Waals surface area contributed by atoms with Crippen LogP contribution in [-0.4, -0.2) is 30.6 Å². The minimum Gasteiger partial charge on any atom is -0.206 e. The number of rotatable bonds is 6. The Bertz CT molecular complexity index is 523. The van der Waals surface area contributed by atoms with E-state index in [1.807, 2.05) is 0 Å². The first-order chi connectivity index (χ1) is 8.96. The van der Waals surface area contributed by atoms with Gasteiger partial charge in [-0.05, 0) is 41.3 Å². The summed E-state index contributed by atoms with van der Waals surface area (Å²) in [5.41, 5.74) is 0. The molecule has 1 saturated carbocycles. The highest BCUT2D eigenvalue weighted by atomic mass is 79.9. The first-order valence-corrected chi connectivity index (χ1v) is 10.5. The van der Waals surface area contributed by atoms with Crippen molar-refractivity contribution in [3.8, 4) is 0 Å². The van der Waals surface area contributed by atoms with E-state index < -0.39 is 10.0 Å². The molecule has 1 aliphatic carbocycles. The molecule has 0 aromatic carbocycles. The molecule has 0 aliphatic heterocycles. The summed E-state index contributed by atoms with van der Waals surface area (Å²) in [6.07, 6.45) is 3.85. The Balaban J connectivity index is 2.27. The molecule has 0 amide bonds. The van der Waals surface area contributed by atoms with Crippen molar-refractivity contribution in [3.63, 3.8) is 0 Å². The summed E-state index contributed by atoms with van der Waals surface area (Å²) in [7, 11) is -3.42. The third-order valence-electron chi connectivity index (χ3n) is 3.18. The second-order valence-electron chi connectivity index (χ2n) is 4.43. The molecule has 0 radical (unpaired) electrons. The predicted octanol–water partition coefficient (Wildman–Crippen LogP) is 4.49. The van der Waals surface area contributed by atoms with Crippen molar-refractivity contribution in [1.29, 1.82) is 0 Å². The van der Waals surface area contributed by atoms with Gasteiger partial charge in [-0.15, -0.1) is 11.3 Å². The first-order valence-electron chi connectivity index (χ1n) is 5.99. The maximum absolute atomic E-state index is 12.7. The van der Waals surface area contributed by atoms with E-state index >= 15 is 0 Å². The van der Waals surface area contributed by atoms with Crippen molar-refractivity contribution in [2.75, 3.05) is 11.9 Å². The van der Waals surface area contributed by atoms with Gasteiger partial charge in [-0.25, -0.2) is 8.42 Å². The smallest absolute Gasteiger partial charge is 0.206 e. The van der Waals surface area contributed by atoms with E-state index in [2.05, 4.69) is 31.9 Å². The summed E-state index contributed by atoms with van der Waals surface area (Å²) in [4.78, 5) is 0.